The molecule has 0 bridgehead atoms. The number of halogens is 3. The van der Waals surface area contributed by atoms with Gasteiger partial charge < -0.3 is 5.11 Å². The van der Waals surface area contributed by atoms with Crippen molar-refractivity contribution in [3.63, 3.8) is 0 Å². The van der Waals surface area contributed by atoms with Crippen molar-refractivity contribution in [2.24, 2.45) is 0 Å². The van der Waals surface area contributed by atoms with Crippen molar-refractivity contribution >= 4 is 34.8 Å². The van der Waals surface area contributed by atoms with Gasteiger partial charge in [0, 0.05) is 5.38 Å². The molecular weight excluding hydrogens is 182 g/mol. The maximum atomic E-state index is 8.48. The van der Waals surface area contributed by atoms with Crippen molar-refractivity contribution < 1.29 is 5.11 Å². The number of aliphatic hydroxyl groups excluding tert-OH is 1. The predicted molar refractivity (Wildman–Crippen MR) is 41.7 cm³/mol. The van der Waals surface area contributed by atoms with Crippen LogP contribution in [0.3, 0.4) is 0 Å². The van der Waals surface area contributed by atoms with E-state index in [1.807, 2.05) is 0 Å². The summed E-state index contributed by atoms with van der Waals surface area (Å²) in [5.41, 5.74) is 0. The minimum Gasteiger partial charge on any atom is -0.395 e. The van der Waals surface area contributed by atoms with Gasteiger partial charge in [-0.2, -0.15) is 0 Å². The minimum absolute atomic E-state index is 0.132. The summed E-state index contributed by atoms with van der Waals surface area (Å²) in [6.07, 6.45) is 0. The van der Waals surface area contributed by atoms with Gasteiger partial charge in [0.05, 0.1) is 17.4 Å². The Morgan fingerprint density at radius 3 is 1.89 bits per heavy atom. The molecule has 1 nitrogen and oxygen atoms in total. The van der Waals surface area contributed by atoms with Gasteiger partial charge in [-0.05, 0) is 6.92 Å². The first-order valence-corrected chi connectivity index (χ1v) is 3.93. The average molecular weight is 191 g/mol. The third kappa shape index (κ3) is 3.51. The van der Waals surface area contributed by atoms with Crippen LogP contribution in [0.4, 0.5) is 0 Å². The third-order valence-corrected chi connectivity index (χ3v) is 2.58. The lowest BCUT2D eigenvalue weighted by atomic mass is 10.2. The van der Waals surface area contributed by atoms with Crippen LogP contribution in [0.25, 0.3) is 0 Å². The van der Waals surface area contributed by atoms with E-state index in [2.05, 4.69) is 0 Å². The molecule has 0 fully saturated rings. The van der Waals surface area contributed by atoms with Gasteiger partial charge in [-0.25, -0.2) is 0 Å². The van der Waals surface area contributed by atoms with Crippen molar-refractivity contribution in [3.8, 4) is 0 Å². The highest BCUT2D eigenvalue weighted by Crippen LogP contribution is 2.17. The number of hydrogen-bond acceptors (Lipinski definition) is 1. The molecule has 0 saturated carbocycles. The highest BCUT2D eigenvalue weighted by molar-refractivity contribution is 6.34. The Morgan fingerprint density at radius 1 is 1.33 bits per heavy atom. The lowest BCUT2D eigenvalue weighted by molar-refractivity contribution is 0.289. The largest absolute Gasteiger partial charge is 0.395 e. The first-order valence-electron chi connectivity index (χ1n) is 2.62. The topological polar surface area (TPSA) is 20.2 Å². The van der Waals surface area contributed by atoms with Gasteiger partial charge in [-0.15, -0.1) is 34.8 Å². The van der Waals surface area contributed by atoms with Crippen LogP contribution in [0, 0.1) is 0 Å². The van der Waals surface area contributed by atoms with Gasteiger partial charge in [0.15, 0.2) is 0 Å². The molecule has 0 heterocycles. The van der Waals surface area contributed by atoms with Gasteiger partial charge in [-0.3, -0.25) is 0 Å². The van der Waals surface area contributed by atoms with E-state index in [0.29, 0.717) is 0 Å². The fraction of sp³-hybridized carbons (Fsp3) is 1.00. The zero-order valence-corrected chi connectivity index (χ0v) is 7.29. The maximum Gasteiger partial charge on any atom is 0.0744 e. The summed E-state index contributed by atoms with van der Waals surface area (Å²) in [5, 5.41) is 7.46. The van der Waals surface area contributed by atoms with Crippen LogP contribution in [-0.2, 0) is 0 Å². The Kier molecular flexibility index (Phi) is 5.04. The number of alkyl halides is 3. The molecule has 3 atom stereocenters. The number of hydrogen-bond donors (Lipinski definition) is 1. The van der Waals surface area contributed by atoms with Gasteiger partial charge in [-0.1, -0.05) is 0 Å². The van der Waals surface area contributed by atoms with Crippen LogP contribution in [0.15, 0.2) is 0 Å². The molecule has 0 aliphatic heterocycles. The van der Waals surface area contributed by atoms with Crippen molar-refractivity contribution in [2.45, 2.75) is 23.1 Å². The van der Waals surface area contributed by atoms with E-state index in [-0.39, 0.29) is 17.4 Å². The van der Waals surface area contributed by atoms with Gasteiger partial charge in [0.1, 0.15) is 0 Å². The quantitative estimate of drug-likeness (QED) is 0.675. The Morgan fingerprint density at radius 2 is 1.78 bits per heavy atom. The van der Waals surface area contributed by atoms with Crippen LogP contribution in [0.5, 0.6) is 0 Å². The van der Waals surface area contributed by atoms with E-state index in [0.717, 1.165) is 0 Å². The lowest BCUT2D eigenvalue weighted by Gasteiger charge is -2.14. The highest BCUT2D eigenvalue weighted by Gasteiger charge is 2.20. The summed E-state index contributed by atoms with van der Waals surface area (Å²) in [5.74, 6) is 0. The molecule has 0 aliphatic rings. The molecule has 56 valence electrons. The molecule has 3 unspecified atom stereocenters. The summed E-state index contributed by atoms with van der Waals surface area (Å²) < 4.78 is 0. The second-order valence-corrected chi connectivity index (χ2v) is 3.57. The third-order valence-electron chi connectivity index (χ3n) is 0.959. The summed E-state index contributed by atoms with van der Waals surface area (Å²) in [6, 6.07) is 0. The SMILES string of the molecule is CC(Cl)C(Cl)C(Cl)CO. The Bertz CT molecular complexity index is 76.6. The smallest absolute Gasteiger partial charge is 0.0744 e. The molecular formula is C5H9Cl3O. The maximum absolute atomic E-state index is 8.48. The number of aliphatic hydroxyl groups is 1. The van der Waals surface area contributed by atoms with Crippen LogP contribution in [-0.4, -0.2) is 27.8 Å². The summed E-state index contributed by atoms with van der Waals surface area (Å²) in [6.45, 7) is 1.61. The zero-order valence-electron chi connectivity index (χ0n) is 5.02. The first kappa shape index (κ1) is 9.83. The Hall–Kier alpha value is 0.830. The van der Waals surface area contributed by atoms with Crippen molar-refractivity contribution in [2.75, 3.05) is 6.61 Å². The molecule has 1 N–H and O–H groups in total. The van der Waals surface area contributed by atoms with Crippen LogP contribution >= 0.6 is 34.8 Å². The Balaban J connectivity index is 3.58. The van der Waals surface area contributed by atoms with E-state index >= 15 is 0 Å². The van der Waals surface area contributed by atoms with E-state index in [9.17, 15) is 0 Å². The molecule has 0 aromatic carbocycles. The standard InChI is InChI=1S/C5H9Cl3O/c1-3(6)5(8)4(7)2-9/h3-5,9H,2H2,1H3. The molecule has 0 radical (unpaired) electrons. The zero-order chi connectivity index (χ0) is 7.44. The molecule has 0 aromatic rings. The van der Waals surface area contributed by atoms with E-state index in [1.165, 1.54) is 0 Å². The molecule has 0 aromatic heterocycles. The van der Waals surface area contributed by atoms with Crippen LogP contribution in [0.1, 0.15) is 6.92 Å². The van der Waals surface area contributed by atoms with Crippen molar-refractivity contribution in [1.29, 1.82) is 0 Å². The van der Waals surface area contributed by atoms with Gasteiger partial charge >= 0.3 is 0 Å². The summed E-state index contributed by atoms with van der Waals surface area (Å²) in [4.78, 5) is 0. The molecule has 0 rings (SSSR count). The van der Waals surface area contributed by atoms with Crippen LogP contribution in [0.2, 0.25) is 0 Å². The molecule has 0 amide bonds. The lowest BCUT2D eigenvalue weighted by Crippen LogP contribution is -2.26. The van der Waals surface area contributed by atoms with E-state index in [4.69, 9.17) is 39.9 Å². The van der Waals surface area contributed by atoms with Crippen LogP contribution < -0.4 is 0 Å². The number of rotatable bonds is 3. The Labute approximate surface area is 69.9 Å². The highest BCUT2D eigenvalue weighted by atomic mass is 35.5. The summed E-state index contributed by atoms with van der Waals surface area (Å²) in [7, 11) is 0. The minimum atomic E-state index is -0.445. The monoisotopic (exact) mass is 190 g/mol. The molecule has 0 spiro atoms. The normalized spacial score (nSPS) is 21.0. The molecule has 0 aliphatic carbocycles. The van der Waals surface area contributed by atoms with Gasteiger partial charge in [0.2, 0.25) is 0 Å². The van der Waals surface area contributed by atoms with Gasteiger partial charge in [0.25, 0.3) is 0 Å². The van der Waals surface area contributed by atoms with E-state index in [1.54, 1.807) is 6.92 Å². The molecule has 0 saturated heterocycles. The van der Waals surface area contributed by atoms with E-state index < -0.39 is 5.38 Å². The molecule has 4 heteroatoms. The predicted octanol–water partition coefficient (Wildman–Crippen LogP) is 1.82. The second kappa shape index (κ2) is 4.62. The fourth-order valence-electron chi connectivity index (χ4n) is 0.388. The average Bonchev–Trinajstić information content (AvgIpc) is 1.84. The van der Waals surface area contributed by atoms with Crippen molar-refractivity contribution in [3.05, 3.63) is 0 Å². The van der Waals surface area contributed by atoms with Crippen molar-refractivity contribution in [1.82, 2.24) is 0 Å². The second-order valence-electron chi connectivity index (χ2n) is 1.82. The summed E-state index contributed by atoms with van der Waals surface area (Å²) >= 11 is 16.8. The molecule has 9 heavy (non-hydrogen) atoms. The first-order chi connectivity index (χ1) is 4.09. The fourth-order valence-corrected chi connectivity index (χ4v) is 0.936.